The molecule has 1 unspecified atom stereocenters. The third-order valence-corrected chi connectivity index (χ3v) is 5.48. The Morgan fingerprint density at radius 1 is 1.16 bits per heavy atom. The number of esters is 1. The van der Waals surface area contributed by atoms with Gasteiger partial charge in [-0.25, -0.2) is 4.79 Å². The molecule has 2 aromatic rings. The summed E-state index contributed by atoms with van der Waals surface area (Å²) in [4.78, 5) is 64.9. The topological polar surface area (TPSA) is 264 Å². The van der Waals surface area contributed by atoms with E-state index in [1.54, 1.807) is 12.1 Å². The van der Waals surface area contributed by atoms with Crippen LogP contribution in [0, 0.1) is 0 Å². The number of amides is 1. The van der Waals surface area contributed by atoms with Crippen LogP contribution < -0.4 is 38.3 Å². The number of carbonyl (C=O) groups is 4. The minimum absolute atomic E-state index is 0.0131. The first-order valence-electron chi connectivity index (χ1n) is 11.4. The van der Waals surface area contributed by atoms with Crippen LogP contribution in [0.2, 0.25) is 0 Å². The molecule has 1 aliphatic rings. The van der Waals surface area contributed by atoms with Gasteiger partial charge in [-0.1, -0.05) is 0 Å². The lowest BCUT2D eigenvalue weighted by Gasteiger charge is -2.27. The molecular formula is C22H28N8O8. The Balaban J connectivity index is 1.48. The predicted octanol–water partition coefficient (Wildman–Crippen LogP) is -1.41. The zero-order valence-corrected chi connectivity index (χ0v) is 20.0. The van der Waals surface area contributed by atoms with Crippen LogP contribution in [0.5, 0.6) is 0 Å². The summed E-state index contributed by atoms with van der Waals surface area (Å²) in [5, 5.41) is 29.7. The normalized spacial score (nSPS) is 15.6. The van der Waals surface area contributed by atoms with E-state index in [1.807, 2.05) is 0 Å². The molecule has 1 aliphatic heterocycles. The van der Waals surface area contributed by atoms with Crippen molar-refractivity contribution in [3.63, 3.8) is 0 Å². The average molecular weight is 533 g/mol. The number of nitrogens with one attached hydrogen (secondary N) is 5. The van der Waals surface area contributed by atoms with E-state index in [-0.39, 0.29) is 41.6 Å². The molecule has 0 bridgehead atoms. The maximum absolute atomic E-state index is 12.5. The maximum atomic E-state index is 12.5. The van der Waals surface area contributed by atoms with Gasteiger partial charge in [0.05, 0.1) is 6.04 Å². The molecule has 3 atom stereocenters. The number of carbonyl (C=O) groups excluding carboxylic acids is 2. The van der Waals surface area contributed by atoms with E-state index in [0.29, 0.717) is 24.6 Å². The second-order valence-electron chi connectivity index (χ2n) is 8.39. The number of fused-ring (bicyclic) bond motifs is 1. The number of aromatic nitrogens is 2. The number of carboxylic acids is 2. The van der Waals surface area contributed by atoms with Crippen LogP contribution in [-0.4, -0.2) is 81.8 Å². The Morgan fingerprint density at radius 2 is 1.87 bits per heavy atom. The van der Waals surface area contributed by atoms with E-state index in [2.05, 4.69) is 31.2 Å². The third kappa shape index (κ3) is 7.57. The minimum Gasteiger partial charge on any atom is -0.480 e. The number of carboxylic acid groups (broad SMARTS) is 2. The third-order valence-electron chi connectivity index (χ3n) is 5.48. The van der Waals surface area contributed by atoms with Gasteiger partial charge in [0.15, 0.2) is 5.82 Å². The molecule has 16 heteroatoms. The average Bonchev–Trinajstić information content (AvgIpc) is 2.88. The zero-order valence-electron chi connectivity index (χ0n) is 20.0. The lowest BCUT2D eigenvalue weighted by atomic mass is 10.1. The van der Waals surface area contributed by atoms with Gasteiger partial charge in [-0.2, -0.15) is 4.98 Å². The van der Waals surface area contributed by atoms with Gasteiger partial charge in [0.25, 0.3) is 11.5 Å². The van der Waals surface area contributed by atoms with Crippen molar-refractivity contribution in [2.45, 2.75) is 31.0 Å². The van der Waals surface area contributed by atoms with Gasteiger partial charge < -0.3 is 47.7 Å². The highest BCUT2D eigenvalue weighted by atomic mass is 16.5. The number of rotatable bonds is 12. The van der Waals surface area contributed by atoms with E-state index in [1.165, 1.54) is 12.1 Å². The maximum Gasteiger partial charge on any atom is 0.326 e. The summed E-state index contributed by atoms with van der Waals surface area (Å²) in [6, 6.07) is 3.34. The fourth-order valence-electron chi connectivity index (χ4n) is 3.42. The smallest absolute Gasteiger partial charge is 0.326 e. The van der Waals surface area contributed by atoms with Crippen molar-refractivity contribution in [3.8, 4) is 0 Å². The first-order valence-corrected chi connectivity index (χ1v) is 11.4. The van der Waals surface area contributed by atoms with E-state index < -0.39 is 42.5 Å². The summed E-state index contributed by atoms with van der Waals surface area (Å²) in [6.07, 6.45) is -0.630. The highest BCUT2D eigenvalue weighted by Crippen LogP contribution is 2.20. The predicted molar refractivity (Wildman–Crippen MR) is 135 cm³/mol. The number of nitrogens with zero attached hydrogens (tertiary/aromatic N) is 1. The first kappa shape index (κ1) is 27.7. The standard InChI is InChI=1S/C22H28N8O8/c23-13(20(34)35)9-38-15(31)6-5-14(21(36)37)28-18(32)10-1-3-11(4-2-10)25-7-12-8-26-17-16(27-12)19(33)30-22(24)29-17/h1-4,12-14,25,27H,5-9,23H2,(H,28,32)(H,34,35)(H,36,37)(H4,24,26,29,30,33)/t12?,13-,14-/m0/s1. The van der Waals surface area contributed by atoms with Gasteiger partial charge in [-0.05, 0) is 30.7 Å². The molecule has 1 aromatic heterocycles. The monoisotopic (exact) mass is 532 g/mol. The number of aromatic amines is 1. The van der Waals surface area contributed by atoms with Gasteiger partial charge in [-0.15, -0.1) is 0 Å². The Hall–Kier alpha value is -4.86. The van der Waals surface area contributed by atoms with Crippen LogP contribution in [0.1, 0.15) is 23.2 Å². The number of nitrogens with two attached hydrogens (primary N) is 2. The molecular weight excluding hydrogens is 504 g/mol. The van der Waals surface area contributed by atoms with E-state index in [9.17, 15) is 29.1 Å². The largest absolute Gasteiger partial charge is 0.480 e. The molecule has 16 nitrogen and oxygen atoms in total. The fourth-order valence-corrected chi connectivity index (χ4v) is 3.42. The molecule has 3 rings (SSSR count). The SMILES string of the molecule is Nc1nc2c(c(=O)[nH]1)NC(CNc1ccc(C(=O)N[C@@H](CCC(=O)OC[C@H](N)C(=O)O)C(=O)O)cc1)CN2. The Kier molecular flexibility index (Phi) is 9.04. The van der Waals surface area contributed by atoms with E-state index in [4.69, 9.17) is 21.3 Å². The van der Waals surface area contributed by atoms with Crippen molar-refractivity contribution in [3.05, 3.63) is 40.2 Å². The van der Waals surface area contributed by atoms with Gasteiger partial charge in [0, 0.05) is 30.8 Å². The van der Waals surface area contributed by atoms with Crippen molar-refractivity contribution in [1.29, 1.82) is 0 Å². The number of nitrogen functional groups attached to an aromatic ring is 1. The molecule has 0 saturated heterocycles. The summed E-state index contributed by atoms with van der Waals surface area (Å²) in [5.41, 5.74) is 11.5. The van der Waals surface area contributed by atoms with Crippen LogP contribution in [0.15, 0.2) is 29.1 Å². The molecule has 2 heterocycles. The molecule has 38 heavy (non-hydrogen) atoms. The number of H-pyrrole nitrogens is 1. The summed E-state index contributed by atoms with van der Waals surface area (Å²) < 4.78 is 4.70. The van der Waals surface area contributed by atoms with Crippen LogP contribution in [0.25, 0.3) is 0 Å². The van der Waals surface area contributed by atoms with Crippen LogP contribution in [-0.2, 0) is 19.1 Å². The number of aliphatic carboxylic acids is 2. The highest BCUT2D eigenvalue weighted by Gasteiger charge is 2.24. The van der Waals surface area contributed by atoms with Gasteiger partial charge in [0.1, 0.15) is 24.4 Å². The lowest BCUT2D eigenvalue weighted by Crippen LogP contribution is -2.41. The van der Waals surface area contributed by atoms with Crippen molar-refractivity contribution in [1.82, 2.24) is 15.3 Å². The number of hydrogen-bond acceptors (Lipinski definition) is 12. The van der Waals surface area contributed by atoms with E-state index >= 15 is 0 Å². The molecule has 0 fully saturated rings. The van der Waals surface area contributed by atoms with Gasteiger partial charge >= 0.3 is 17.9 Å². The summed E-state index contributed by atoms with van der Waals surface area (Å²) in [7, 11) is 0. The molecule has 0 radical (unpaired) electrons. The number of anilines is 4. The van der Waals surface area contributed by atoms with Crippen molar-refractivity contribution in [2.24, 2.45) is 5.73 Å². The van der Waals surface area contributed by atoms with Crippen molar-refractivity contribution in [2.75, 3.05) is 41.4 Å². The Morgan fingerprint density at radius 3 is 2.53 bits per heavy atom. The van der Waals surface area contributed by atoms with Gasteiger partial charge in [0.2, 0.25) is 5.95 Å². The molecule has 0 aliphatic carbocycles. The molecule has 11 N–H and O–H groups in total. The summed E-state index contributed by atoms with van der Waals surface area (Å²) in [5.74, 6) is -3.81. The van der Waals surface area contributed by atoms with Gasteiger partial charge in [-0.3, -0.25) is 24.2 Å². The second kappa shape index (κ2) is 12.4. The quantitative estimate of drug-likeness (QED) is 0.142. The van der Waals surface area contributed by atoms with E-state index in [0.717, 1.165) is 0 Å². The molecule has 0 spiro atoms. The lowest BCUT2D eigenvalue weighted by molar-refractivity contribution is -0.148. The Labute approximate surface area is 215 Å². The molecule has 204 valence electrons. The van der Waals surface area contributed by atoms with Crippen molar-refractivity contribution >= 4 is 47.0 Å². The number of benzene rings is 1. The summed E-state index contributed by atoms with van der Waals surface area (Å²) in [6.45, 7) is 0.354. The second-order valence-corrected chi connectivity index (χ2v) is 8.39. The molecule has 1 amide bonds. The number of ether oxygens (including phenoxy) is 1. The van der Waals surface area contributed by atoms with Crippen molar-refractivity contribution < 1.29 is 34.1 Å². The van der Waals surface area contributed by atoms with Crippen LogP contribution in [0.4, 0.5) is 23.1 Å². The minimum atomic E-state index is -1.39. The zero-order chi connectivity index (χ0) is 27.8. The van der Waals surface area contributed by atoms with Crippen LogP contribution >= 0.6 is 0 Å². The first-order chi connectivity index (χ1) is 18.0. The number of hydrogen-bond donors (Lipinski definition) is 9. The highest BCUT2D eigenvalue weighted by molar-refractivity contribution is 5.97. The van der Waals surface area contributed by atoms with Crippen LogP contribution in [0.3, 0.4) is 0 Å². The summed E-state index contributed by atoms with van der Waals surface area (Å²) >= 11 is 0. The molecule has 0 saturated carbocycles. The Bertz CT molecular complexity index is 1250. The molecule has 1 aromatic carbocycles. The fraction of sp³-hybridized carbons (Fsp3) is 0.364.